The Morgan fingerprint density at radius 1 is 1.32 bits per heavy atom. The molecule has 1 N–H and O–H groups in total. The maximum absolute atomic E-state index is 12.9. The van der Waals surface area contributed by atoms with E-state index >= 15 is 0 Å². The number of nitrogens with one attached hydrogen (secondary N) is 1. The Bertz CT molecular complexity index is 960. The number of pyridine rings is 1. The van der Waals surface area contributed by atoms with E-state index in [1.807, 2.05) is 40.9 Å². The monoisotopic (exact) mass is 376 g/mol. The largest absolute Gasteiger partial charge is 0.351 e. The van der Waals surface area contributed by atoms with Gasteiger partial charge in [0.2, 0.25) is 5.91 Å². The van der Waals surface area contributed by atoms with Gasteiger partial charge in [-0.3, -0.25) is 4.79 Å². The van der Waals surface area contributed by atoms with Crippen molar-refractivity contribution in [2.24, 2.45) is 5.92 Å². The SMILES string of the molecule is Cc1cccc(-n2ncc3c2CC[C@@H](C(=O)N[C@@H]2C[C@@H]4CC[C@H]2N4C#N)C3)n1. The lowest BCUT2D eigenvalue weighted by atomic mass is 9.86. The molecule has 7 nitrogen and oxygen atoms in total. The summed E-state index contributed by atoms with van der Waals surface area (Å²) in [6.07, 6.45) is 9.53. The highest BCUT2D eigenvalue weighted by Gasteiger charge is 2.47. The van der Waals surface area contributed by atoms with Crippen molar-refractivity contribution in [3.8, 4) is 12.0 Å². The first kappa shape index (κ1) is 17.2. The fourth-order valence-electron chi connectivity index (χ4n) is 5.19. The Labute approximate surface area is 164 Å². The van der Waals surface area contributed by atoms with E-state index in [1.165, 1.54) is 0 Å². The molecule has 0 aromatic carbocycles. The second-order valence-corrected chi connectivity index (χ2v) is 8.26. The number of amides is 1. The lowest BCUT2D eigenvalue weighted by Gasteiger charge is -2.27. The number of aryl methyl sites for hydroxylation is 1. The molecule has 1 amide bonds. The van der Waals surface area contributed by atoms with Gasteiger partial charge in [-0.15, -0.1) is 0 Å². The van der Waals surface area contributed by atoms with Crippen LogP contribution in [-0.4, -0.2) is 43.7 Å². The smallest absolute Gasteiger partial charge is 0.223 e. The van der Waals surface area contributed by atoms with Gasteiger partial charge in [0, 0.05) is 23.3 Å². The van der Waals surface area contributed by atoms with Crippen molar-refractivity contribution in [3.63, 3.8) is 0 Å². The van der Waals surface area contributed by atoms with Gasteiger partial charge in [-0.05, 0) is 63.1 Å². The standard InChI is InChI=1S/C21H24N6O/c1-13-3-2-4-20(24-13)27-18-7-5-14(9-15(18)11-23-27)21(28)25-17-10-16-6-8-19(17)26(16)12-22/h2-4,11,14,16-17,19H,5-10H2,1H3,(H,25,28)/t14-,16+,17-,19-/m1/s1. The Kier molecular flexibility index (Phi) is 4.08. The van der Waals surface area contributed by atoms with Crippen LogP contribution >= 0.6 is 0 Å². The molecule has 2 aliphatic heterocycles. The number of nitrogens with zero attached hydrogens (tertiary/aromatic N) is 5. The molecule has 2 aromatic heterocycles. The van der Waals surface area contributed by atoms with Crippen LogP contribution in [-0.2, 0) is 17.6 Å². The fourth-order valence-corrected chi connectivity index (χ4v) is 5.19. The highest BCUT2D eigenvalue weighted by molar-refractivity contribution is 5.79. The normalized spacial score (nSPS) is 28.1. The maximum atomic E-state index is 12.9. The van der Waals surface area contributed by atoms with Crippen LogP contribution in [0.3, 0.4) is 0 Å². The van der Waals surface area contributed by atoms with E-state index in [0.29, 0.717) is 6.04 Å². The van der Waals surface area contributed by atoms with Crippen molar-refractivity contribution in [3.05, 3.63) is 41.3 Å². The Morgan fingerprint density at radius 3 is 3.00 bits per heavy atom. The second-order valence-electron chi connectivity index (χ2n) is 8.26. The van der Waals surface area contributed by atoms with Gasteiger partial charge < -0.3 is 10.2 Å². The summed E-state index contributed by atoms with van der Waals surface area (Å²) in [4.78, 5) is 19.4. The maximum Gasteiger partial charge on any atom is 0.223 e. The lowest BCUT2D eigenvalue weighted by molar-refractivity contribution is -0.126. The van der Waals surface area contributed by atoms with Crippen LogP contribution in [0.25, 0.3) is 5.82 Å². The van der Waals surface area contributed by atoms with Crippen LogP contribution in [0.4, 0.5) is 0 Å². The summed E-state index contributed by atoms with van der Waals surface area (Å²) in [6.45, 7) is 1.98. The first-order valence-corrected chi connectivity index (χ1v) is 10.1. The first-order chi connectivity index (χ1) is 13.6. The summed E-state index contributed by atoms with van der Waals surface area (Å²) in [5, 5.41) is 17.1. The molecule has 2 saturated heterocycles. The van der Waals surface area contributed by atoms with Gasteiger partial charge in [-0.25, -0.2) is 9.67 Å². The fraction of sp³-hybridized carbons (Fsp3) is 0.524. The van der Waals surface area contributed by atoms with Crippen molar-refractivity contribution in [2.75, 3.05) is 0 Å². The molecule has 1 aliphatic carbocycles. The van der Waals surface area contributed by atoms with Gasteiger partial charge in [-0.2, -0.15) is 10.4 Å². The number of fused-ring (bicyclic) bond motifs is 3. The molecule has 28 heavy (non-hydrogen) atoms. The van der Waals surface area contributed by atoms with Gasteiger partial charge >= 0.3 is 0 Å². The zero-order chi connectivity index (χ0) is 19.3. The van der Waals surface area contributed by atoms with Gasteiger partial charge in [-0.1, -0.05) is 6.07 Å². The zero-order valence-corrected chi connectivity index (χ0v) is 16.0. The predicted molar refractivity (Wildman–Crippen MR) is 102 cm³/mol. The lowest BCUT2D eigenvalue weighted by Crippen LogP contribution is -2.46. The van der Waals surface area contributed by atoms with E-state index in [2.05, 4.69) is 21.6 Å². The molecule has 2 aromatic rings. The molecule has 2 fully saturated rings. The summed E-state index contributed by atoms with van der Waals surface area (Å²) in [6, 6.07) is 6.56. The molecule has 0 radical (unpaired) electrons. The minimum absolute atomic E-state index is 0.0229. The predicted octanol–water partition coefficient (Wildman–Crippen LogP) is 1.88. The van der Waals surface area contributed by atoms with E-state index in [1.54, 1.807) is 0 Å². The molecule has 0 saturated carbocycles. The highest BCUT2D eigenvalue weighted by Crippen LogP contribution is 2.37. The molecule has 0 spiro atoms. The van der Waals surface area contributed by atoms with Gasteiger partial charge in [0.1, 0.15) is 0 Å². The van der Waals surface area contributed by atoms with Gasteiger partial charge in [0.05, 0.1) is 18.3 Å². The van der Waals surface area contributed by atoms with E-state index in [4.69, 9.17) is 0 Å². The third-order valence-electron chi connectivity index (χ3n) is 6.59. The van der Waals surface area contributed by atoms with Crippen molar-refractivity contribution in [1.82, 2.24) is 25.0 Å². The molecule has 4 atom stereocenters. The molecular formula is C21H24N6O. The molecule has 3 aliphatic rings. The quantitative estimate of drug-likeness (QED) is 0.827. The minimum Gasteiger partial charge on any atom is -0.351 e. The molecule has 7 heteroatoms. The van der Waals surface area contributed by atoms with Crippen molar-refractivity contribution >= 4 is 5.91 Å². The third-order valence-corrected chi connectivity index (χ3v) is 6.59. The van der Waals surface area contributed by atoms with Gasteiger partial charge in [0.25, 0.3) is 0 Å². The molecule has 0 unspecified atom stereocenters. The average Bonchev–Trinajstić information content (AvgIpc) is 3.39. The number of carbonyl (C=O) groups is 1. The Morgan fingerprint density at radius 2 is 2.21 bits per heavy atom. The van der Waals surface area contributed by atoms with E-state index < -0.39 is 0 Å². The van der Waals surface area contributed by atoms with Crippen molar-refractivity contribution in [2.45, 2.75) is 63.6 Å². The molecular weight excluding hydrogens is 352 g/mol. The topological polar surface area (TPSA) is 86.8 Å². The van der Waals surface area contributed by atoms with E-state index in [9.17, 15) is 10.1 Å². The van der Waals surface area contributed by atoms with Crippen LogP contribution in [0, 0.1) is 24.3 Å². The zero-order valence-electron chi connectivity index (χ0n) is 16.0. The molecule has 5 rings (SSSR count). The number of aromatic nitrogens is 3. The summed E-state index contributed by atoms with van der Waals surface area (Å²) < 4.78 is 1.91. The molecule has 2 bridgehead atoms. The van der Waals surface area contributed by atoms with E-state index in [-0.39, 0.29) is 23.9 Å². The van der Waals surface area contributed by atoms with Crippen molar-refractivity contribution in [1.29, 1.82) is 5.26 Å². The van der Waals surface area contributed by atoms with Crippen LogP contribution < -0.4 is 5.32 Å². The van der Waals surface area contributed by atoms with Crippen molar-refractivity contribution < 1.29 is 4.79 Å². The molecule has 4 heterocycles. The summed E-state index contributed by atoms with van der Waals surface area (Å²) in [7, 11) is 0. The Hall–Kier alpha value is -2.88. The highest BCUT2D eigenvalue weighted by atomic mass is 16.2. The molecule has 144 valence electrons. The van der Waals surface area contributed by atoms with Crippen LogP contribution in [0.1, 0.15) is 42.6 Å². The number of nitriles is 1. The van der Waals surface area contributed by atoms with E-state index in [0.717, 1.165) is 61.3 Å². The number of rotatable bonds is 3. The van der Waals surface area contributed by atoms with Crippen LogP contribution in [0.5, 0.6) is 0 Å². The summed E-state index contributed by atoms with van der Waals surface area (Å²) >= 11 is 0. The number of carbonyl (C=O) groups excluding carboxylic acids is 1. The summed E-state index contributed by atoms with van der Waals surface area (Å²) in [5.41, 5.74) is 3.27. The number of hydrogen-bond donors (Lipinski definition) is 1. The van der Waals surface area contributed by atoms with Gasteiger partial charge in [0.15, 0.2) is 12.0 Å². The second kappa shape index (κ2) is 6.62. The third kappa shape index (κ3) is 2.75. The summed E-state index contributed by atoms with van der Waals surface area (Å²) in [5.74, 6) is 0.940. The number of hydrogen-bond acceptors (Lipinski definition) is 5. The first-order valence-electron chi connectivity index (χ1n) is 10.1. The van der Waals surface area contributed by atoms with Crippen LogP contribution in [0.2, 0.25) is 0 Å². The Balaban J connectivity index is 1.28. The van der Waals surface area contributed by atoms with Crippen LogP contribution in [0.15, 0.2) is 24.4 Å². The average molecular weight is 376 g/mol. The minimum atomic E-state index is -0.0229.